The number of rotatable bonds is 13. The van der Waals surface area contributed by atoms with Crippen molar-refractivity contribution in [3.05, 3.63) is 59.7 Å². The molecule has 1 N–H and O–H groups in total. The highest BCUT2D eigenvalue weighted by Gasteiger charge is 2.28. The van der Waals surface area contributed by atoms with Crippen molar-refractivity contribution in [2.75, 3.05) is 40.5 Å². The molecule has 0 radical (unpaired) electrons. The van der Waals surface area contributed by atoms with Gasteiger partial charge >= 0.3 is 0 Å². The van der Waals surface area contributed by atoms with Gasteiger partial charge in [-0.1, -0.05) is 24.3 Å². The van der Waals surface area contributed by atoms with Crippen molar-refractivity contribution in [3.8, 4) is 5.75 Å². The van der Waals surface area contributed by atoms with Gasteiger partial charge in [-0.05, 0) is 61.6 Å². The molecule has 0 aromatic heterocycles. The largest absolute Gasteiger partial charge is 0.497 e. The molecule has 0 unspecified atom stereocenters. The van der Waals surface area contributed by atoms with E-state index < -0.39 is 16.1 Å². The fourth-order valence-electron chi connectivity index (χ4n) is 4.23. The molecule has 1 atom stereocenters. The molecular weight excluding hydrogens is 494 g/mol. The van der Waals surface area contributed by atoms with Crippen LogP contribution in [0.3, 0.4) is 0 Å². The number of hydrogen-bond donors (Lipinski definition) is 1. The van der Waals surface area contributed by atoms with Crippen LogP contribution < -0.4 is 10.1 Å². The van der Waals surface area contributed by atoms with Crippen molar-refractivity contribution in [2.24, 2.45) is 0 Å². The van der Waals surface area contributed by atoms with Gasteiger partial charge in [-0.15, -0.1) is 0 Å². The van der Waals surface area contributed by atoms with Crippen LogP contribution in [0.1, 0.15) is 37.3 Å². The lowest BCUT2D eigenvalue weighted by Gasteiger charge is -2.29. The van der Waals surface area contributed by atoms with E-state index in [1.165, 1.54) is 4.31 Å². The first kappa shape index (κ1) is 28.6. The first-order valence-corrected chi connectivity index (χ1v) is 14.0. The van der Waals surface area contributed by atoms with Crippen LogP contribution in [0.4, 0.5) is 0 Å². The monoisotopic (exact) mass is 531 g/mol. The minimum atomic E-state index is -3.47. The van der Waals surface area contributed by atoms with Gasteiger partial charge in [0.2, 0.25) is 21.8 Å². The smallest absolute Gasteiger partial charge is 0.243 e. The summed E-state index contributed by atoms with van der Waals surface area (Å²) in [6.07, 6.45) is 2.38. The molecule has 1 fully saturated rings. The van der Waals surface area contributed by atoms with Gasteiger partial charge < -0.3 is 19.7 Å². The Hall–Kier alpha value is -2.95. The molecule has 9 nitrogen and oxygen atoms in total. The van der Waals surface area contributed by atoms with Crippen molar-refractivity contribution in [3.63, 3.8) is 0 Å². The van der Waals surface area contributed by atoms with Gasteiger partial charge in [-0.3, -0.25) is 9.59 Å². The molecule has 0 saturated carbocycles. The summed E-state index contributed by atoms with van der Waals surface area (Å²) in [5.41, 5.74) is 1.73. The SMILES string of the molecule is COCCNC(=O)[C@H](C)N(Cc1ccc(OC)cc1)C(=O)CCc1ccc(S(=O)(=O)N2CCCC2)cc1. The van der Waals surface area contributed by atoms with E-state index in [9.17, 15) is 18.0 Å². The van der Waals surface area contributed by atoms with Crippen LogP contribution in [0.15, 0.2) is 53.4 Å². The molecule has 10 heteroatoms. The lowest BCUT2D eigenvalue weighted by Crippen LogP contribution is -2.48. The topological polar surface area (TPSA) is 105 Å². The highest BCUT2D eigenvalue weighted by atomic mass is 32.2. The molecule has 202 valence electrons. The van der Waals surface area contributed by atoms with E-state index in [1.54, 1.807) is 50.3 Å². The summed E-state index contributed by atoms with van der Waals surface area (Å²) in [6, 6.07) is 13.4. The quantitative estimate of drug-likeness (QED) is 0.399. The molecule has 1 heterocycles. The number of carbonyl (C=O) groups excluding carboxylic acids is 2. The Bertz CT molecular complexity index is 1130. The Morgan fingerprint density at radius 2 is 1.62 bits per heavy atom. The van der Waals surface area contributed by atoms with Gasteiger partial charge in [-0.25, -0.2) is 8.42 Å². The summed E-state index contributed by atoms with van der Waals surface area (Å²) in [7, 11) is -0.327. The zero-order chi connectivity index (χ0) is 26.8. The molecule has 0 aliphatic carbocycles. The maximum absolute atomic E-state index is 13.3. The summed E-state index contributed by atoms with van der Waals surface area (Å²) < 4.78 is 37.2. The van der Waals surface area contributed by atoms with Crippen molar-refractivity contribution in [2.45, 2.75) is 50.1 Å². The van der Waals surface area contributed by atoms with Crippen molar-refractivity contribution < 1.29 is 27.5 Å². The van der Waals surface area contributed by atoms with Crippen LogP contribution in [0, 0.1) is 0 Å². The lowest BCUT2D eigenvalue weighted by atomic mass is 10.1. The molecule has 1 aliphatic rings. The second-order valence-electron chi connectivity index (χ2n) is 9.08. The minimum absolute atomic E-state index is 0.168. The summed E-state index contributed by atoms with van der Waals surface area (Å²) in [6.45, 7) is 3.83. The van der Waals surface area contributed by atoms with Gasteiger partial charge in [0, 0.05) is 39.7 Å². The van der Waals surface area contributed by atoms with E-state index in [1.807, 2.05) is 24.3 Å². The third-order valence-corrected chi connectivity index (χ3v) is 8.45. The van der Waals surface area contributed by atoms with Crippen LogP contribution in [-0.4, -0.2) is 75.9 Å². The molecule has 2 amide bonds. The maximum Gasteiger partial charge on any atom is 0.243 e. The second-order valence-corrected chi connectivity index (χ2v) is 11.0. The standard InChI is InChI=1S/C27H37N3O6S/c1-21(27(32)28-16-19-35-2)30(20-23-6-11-24(36-3)12-7-23)26(31)15-10-22-8-13-25(14-9-22)37(33,34)29-17-4-5-18-29/h6-9,11-14,21H,4-5,10,15-20H2,1-3H3,(H,28,32)/t21-/m0/s1. The minimum Gasteiger partial charge on any atom is -0.497 e. The van der Waals surface area contributed by atoms with E-state index in [0.29, 0.717) is 38.4 Å². The zero-order valence-electron chi connectivity index (χ0n) is 21.8. The Balaban J connectivity index is 1.68. The van der Waals surface area contributed by atoms with Crippen molar-refractivity contribution >= 4 is 21.8 Å². The fourth-order valence-corrected chi connectivity index (χ4v) is 5.75. The zero-order valence-corrected chi connectivity index (χ0v) is 22.6. The van der Waals surface area contributed by atoms with Gasteiger partial charge in [0.15, 0.2) is 0 Å². The van der Waals surface area contributed by atoms with E-state index in [-0.39, 0.29) is 29.7 Å². The van der Waals surface area contributed by atoms with Crippen LogP contribution >= 0.6 is 0 Å². The Kier molecular flexibility index (Phi) is 10.5. The van der Waals surface area contributed by atoms with Gasteiger partial charge in [0.1, 0.15) is 11.8 Å². The third-order valence-electron chi connectivity index (χ3n) is 6.54. The Labute approximate surface area is 219 Å². The number of amides is 2. The molecule has 0 bridgehead atoms. The number of aryl methyl sites for hydroxylation is 1. The number of methoxy groups -OCH3 is 2. The van der Waals surface area contributed by atoms with Gasteiger partial charge in [-0.2, -0.15) is 4.31 Å². The lowest BCUT2D eigenvalue weighted by molar-refractivity contribution is -0.140. The first-order chi connectivity index (χ1) is 17.8. The average Bonchev–Trinajstić information content (AvgIpc) is 3.47. The first-order valence-electron chi connectivity index (χ1n) is 12.5. The second kappa shape index (κ2) is 13.6. The molecule has 1 saturated heterocycles. The van der Waals surface area contributed by atoms with Crippen molar-refractivity contribution in [1.82, 2.24) is 14.5 Å². The Morgan fingerprint density at radius 3 is 2.22 bits per heavy atom. The van der Waals surface area contributed by atoms with E-state index >= 15 is 0 Å². The van der Waals surface area contributed by atoms with Crippen LogP contribution in [0.2, 0.25) is 0 Å². The molecule has 3 rings (SSSR count). The average molecular weight is 532 g/mol. The van der Waals surface area contributed by atoms with E-state index in [0.717, 1.165) is 24.0 Å². The van der Waals surface area contributed by atoms with Crippen LogP contribution in [0.25, 0.3) is 0 Å². The molecule has 1 aliphatic heterocycles. The van der Waals surface area contributed by atoms with Gasteiger partial charge in [0.05, 0.1) is 18.6 Å². The van der Waals surface area contributed by atoms with E-state index in [2.05, 4.69) is 5.32 Å². The molecular formula is C27H37N3O6S. The van der Waals surface area contributed by atoms with Crippen LogP contribution in [-0.2, 0) is 37.3 Å². The number of benzene rings is 2. The predicted molar refractivity (Wildman–Crippen MR) is 141 cm³/mol. The Morgan fingerprint density at radius 1 is 1.00 bits per heavy atom. The number of nitrogens with one attached hydrogen (secondary N) is 1. The molecule has 2 aromatic rings. The van der Waals surface area contributed by atoms with Gasteiger partial charge in [0.25, 0.3) is 0 Å². The number of sulfonamides is 1. The number of nitrogens with zero attached hydrogens (tertiary/aromatic N) is 2. The summed E-state index contributed by atoms with van der Waals surface area (Å²) >= 11 is 0. The van der Waals surface area contributed by atoms with Crippen molar-refractivity contribution in [1.29, 1.82) is 0 Å². The summed E-state index contributed by atoms with van der Waals surface area (Å²) in [5.74, 6) is 0.288. The van der Waals surface area contributed by atoms with Crippen LogP contribution in [0.5, 0.6) is 5.75 Å². The highest BCUT2D eigenvalue weighted by molar-refractivity contribution is 7.89. The normalized spacial score (nSPS) is 14.8. The predicted octanol–water partition coefficient (Wildman–Crippen LogP) is 2.59. The molecule has 2 aromatic carbocycles. The third kappa shape index (κ3) is 7.77. The van der Waals surface area contributed by atoms with E-state index in [4.69, 9.17) is 9.47 Å². The fraction of sp³-hybridized carbons (Fsp3) is 0.481. The molecule has 37 heavy (non-hydrogen) atoms. The maximum atomic E-state index is 13.3. The number of ether oxygens (including phenoxy) is 2. The summed E-state index contributed by atoms with van der Waals surface area (Å²) in [5, 5.41) is 2.80. The number of carbonyl (C=O) groups is 2. The number of hydrogen-bond acceptors (Lipinski definition) is 6. The summed E-state index contributed by atoms with van der Waals surface area (Å²) in [4.78, 5) is 27.9. The highest BCUT2D eigenvalue weighted by Crippen LogP contribution is 2.22. The molecule has 0 spiro atoms.